The highest BCUT2D eigenvalue weighted by Crippen LogP contribution is 2.77. The van der Waals surface area contributed by atoms with Crippen molar-refractivity contribution in [2.75, 3.05) is 46.9 Å². The van der Waals surface area contributed by atoms with Gasteiger partial charge < -0.3 is 29.3 Å². The number of ether oxygens (including phenoxy) is 3. The monoisotopic (exact) mass is 900 g/mol. The van der Waals surface area contributed by atoms with E-state index < -0.39 is 16.6 Å². The molecule has 0 saturated heterocycles. The summed E-state index contributed by atoms with van der Waals surface area (Å²) < 4.78 is 16.8. The molecule has 10 heteroatoms. The van der Waals surface area contributed by atoms with Crippen LogP contribution < -0.4 is 5.32 Å². The summed E-state index contributed by atoms with van der Waals surface area (Å²) in [7, 11) is 4.03. The second-order valence-electron chi connectivity index (χ2n) is 24.3. The first-order valence-electron chi connectivity index (χ1n) is 24.9. The number of nitrogens with one attached hydrogen (secondary N) is 1. The number of esters is 2. The Balaban J connectivity index is 1.31. The standard InChI is InChI=1S/C55H85N3O7/c1-16-63-44(59)26-32-56-47(61)55-29-23-39(36(2)35-58(34-33-57(14)15)48(62)65-50(6,7)8)45(55)41-21-22-43-52(11)27-24-40(37-17-19-38(20-18-37)46(60)64-49(3,4)5)51(9,10)42(52)25-28-54(43,13)53(41,12)30-31-55/h17-20,24,39,41-43,45H,2,16,21-23,25-35H2,1,3-15H3,(H,56,61)/t39-,41+,42-,43+,45+,52-,53+,54+,55-/m0/s1. The van der Waals surface area contributed by atoms with E-state index in [2.05, 4.69) is 63.0 Å². The number of carbonyl (C=O) groups excluding carboxylic acids is 4. The quantitative estimate of drug-likeness (QED) is 0.118. The Kier molecular flexibility index (Phi) is 14.4. The van der Waals surface area contributed by atoms with Crippen LogP contribution in [0.5, 0.6) is 0 Å². The van der Waals surface area contributed by atoms with Crippen LogP contribution in [0.2, 0.25) is 0 Å². The maximum atomic E-state index is 14.9. The topological polar surface area (TPSA) is 114 Å². The number of allylic oxidation sites excluding steroid dienone is 2. The molecule has 0 bridgehead atoms. The molecule has 65 heavy (non-hydrogen) atoms. The van der Waals surface area contributed by atoms with Gasteiger partial charge in [0.15, 0.2) is 0 Å². The van der Waals surface area contributed by atoms with E-state index in [1.165, 1.54) is 11.1 Å². The number of nitrogens with zero attached hydrogens (tertiary/aromatic N) is 2. The molecule has 4 fully saturated rings. The Labute approximate surface area is 392 Å². The Morgan fingerprint density at radius 1 is 0.800 bits per heavy atom. The zero-order chi connectivity index (χ0) is 48.1. The van der Waals surface area contributed by atoms with Crippen molar-refractivity contribution in [3.05, 3.63) is 53.6 Å². The third-order valence-electron chi connectivity index (χ3n) is 17.6. The van der Waals surface area contributed by atoms with Crippen molar-refractivity contribution in [3.63, 3.8) is 0 Å². The van der Waals surface area contributed by atoms with E-state index in [1.807, 2.05) is 72.7 Å². The van der Waals surface area contributed by atoms with Crippen LogP contribution in [0.25, 0.3) is 5.57 Å². The highest BCUT2D eigenvalue weighted by atomic mass is 16.6. The van der Waals surface area contributed by atoms with E-state index in [0.29, 0.717) is 49.6 Å². The van der Waals surface area contributed by atoms with Gasteiger partial charge in [0.2, 0.25) is 5.91 Å². The number of fused-ring (bicyclic) bond motifs is 7. The Hall–Kier alpha value is -3.66. The molecule has 362 valence electrons. The lowest BCUT2D eigenvalue weighted by Gasteiger charge is -2.72. The fourth-order valence-electron chi connectivity index (χ4n) is 14.6. The molecule has 4 saturated carbocycles. The molecule has 6 rings (SSSR count). The van der Waals surface area contributed by atoms with Crippen molar-refractivity contribution in [2.45, 2.75) is 158 Å². The van der Waals surface area contributed by atoms with Gasteiger partial charge in [0.05, 0.1) is 24.0 Å². The Morgan fingerprint density at radius 3 is 2.08 bits per heavy atom. The number of carbonyl (C=O) groups is 4. The molecule has 2 amide bonds. The molecule has 0 aliphatic heterocycles. The molecule has 1 N–H and O–H groups in total. The summed E-state index contributed by atoms with van der Waals surface area (Å²) in [6.45, 7) is 32.8. The van der Waals surface area contributed by atoms with Crippen LogP contribution in [0.1, 0.15) is 163 Å². The third-order valence-corrected chi connectivity index (χ3v) is 17.6. The minimum absolute atomic E-state index is 0.0203. The van der Waals surface area contributed by atoms with Gasteiger partial charge in [-0.1, -0.05) is 65.0 Å². The summed E-state index contributed by atoms with van der Waals surface area (Å²) >= 11 is 0. The van der Waals surface area contributed by atoms with Gasteiger partial charge in [-0.3, -0.25) is 9.59 Å². The SMILES string of the molecule is C=C(CN(CCN(C)C)C(=O)OC(C)(C)C)[C@@H]1CC[C@]2(C(=O)NCCC(=O)OCC)CC[C@]3(C)[C@H](CC[C@@H]4[C@@]5(C)CC=C(c6ccc(C(=O)OC(C)(C)C)cc6)C(C)(C)[C@@H]5CC[C@]43C)[C@@H]12. The average Bonchev–Trinajstić information content (AvgIpc) is 3.59. The second kappa shape index (κ2) is 18.4. The van der Waals surface area contributed by atoms with Crippen LogP contribution in [-0.4, -0.2) is 91.8 Å². The molecule has 9 atom stereocenters. The smallest absolute Gasteiger partial charge is 0.410 e. The van der Waals surface area contributed by atoms with E-state index in [0.717, 1.165) is 63.4 Å². The van der Waals surface area contributed by atoms with Gasteiger partial charge in [-0.05, 0) is 195 Å². The zero-order valence-electron chi connectivity index (χ0n) is 42.8. The number of amides is 2. The van der Waals surface area contributed by atoms with E-state index in [-0.39, 0.29) is 70.4 Å². The Morgan fingerprint density at radius 2 is 1.46 bits per heavy atom. The molecular weight excluding hydrogens is 815 g/mol. The molecule has 0 heterocycles. The van der Waals surface area contributed by atoms with Crippen LogP contribution >= 0.6 is 0 Å². The molecule has 0 spiro atoms. The van der Waals surface area contributed by atoms with Crippen LogP contribution in [-0.2, 0) is 23.8 Å². The lowest BCUT2D eigenvalue weighted by atomic mass is 9.32. The molecule has 5 aliphatic rings. The largest absolute Gasteiger partial charge is 0.466 e. The molecule has 0 aromatic heterocycles. The van der Waals surface area contributed by atoms with Gasteiger partial charge in [-0.15, -0.1) is 0 Å². The maximum absolute atomic E-state index is 14.9. The van der Waals surface area contributed by atoms with Crippen LogP contribution in [0.15, 0.2) is 42.5 Å². The first-order valence-corrected chi connectivity index (χ1v) is 24.9. The van der Waals surface area contributed by atoms with E-state index in [1.54, 1.807) is 6.92 Å². The predicted octanol–water partition coefficient (Wildman–Crippen LogP) is 11.1. The highest BCUT2D eigenvalue weighted by molar-refractivity contribution is 5.90. The lowest BCUT2D eigenvalue weighted by Crippen LogP contribution is -2.66. The minimum Gasteiger partial charge on any atom is -0.466 e. The van der Waals surface area contributed by atoms with E-state index in [9.17, 15) is 19.2 Å². The molecule has 5 aliphatic carbocycles. The summed E-state index contributed by atoms with van der Waals surface area (Å²) in [5.41, 5.74) is 2.40. The number of rotatable bonds is 13. The summed E-state index contributed by atoms with van der Waals surface area (Å²) in [5.74, 6) is 0.871. The summed E-state index contributed by atoms with van der Waals surface area (Å²) in [5, 5.41) is 3.25. The number of hydrogen-bond acceptors (Lipinski definition) is 8. The first-order chi connectivity index (χ1) is 30.1. The van der Waals surface area contributed by atoms with Gasteiger partial charge in [0.1, 0.15) is 11.2 Å². The average molecular weight is 900 g/mol. The van der Waals surface area contributed by atoms with Gasteiger partial charge in [0, 0.05) is 26.2 Å². The number of likely N-dealkylation sites (N-methyl/N-ethyl adjacent to an activating group) is 1. The zero-order valence-corrected chi connectivity index (χ0v) is 42.8. The predicted molar refractivity (Wildman–Crippen MR) is 259 cm³/mol. The van der Waals surface area contributed by atoms with Crippen LogP contribution in [0.4, 0.5) is 4.79 Å². The molecule has 1 aromatic rings. The number of hydrogen-bond donors (Lipinski definition) is 1. The first kappa shape index (κ1) is 50.7. The number of benzene rings is 1. The Bertz CT molecular complexity index is 1990. The molecule has 1 aromatic carbocycles. The third kappa shape index (κ3) is 9.72. The highest BCUT2D eigenvalue weighted by Gasteiger charge is 2.71. The fraction of sp³-hybridized carbons (Fsp3) is 0.745. The molecular formula is C55H85N3O7. The van der Waals surface area contributed by atoms with E-state index >= 15 is 0 Å². The van der Waals surface area contributed by atoms with Gasteiger partial charge in [-0.2, -0.15) is 0 Å². The second-order valence-corrected chi connectivity index (χ2v) is 24.3. The van der Waals surface area contributed by atoms with Gasteiger partial charge in [0.25, 0.3) is 0 Å². The van der Waals surface area contributed by atoms with Crippen molar-refractivity contribution >= 4 is 29.5 Å². The lowest BCUT2D eigenvalue weighted by molar-refractivity contribution is -0.225. The van der Waals surface area contributed by atoms with Gasteiger partial charge >= 0.3 is 18.0 Å². The normalized spacial score (nSPS) is 32.7. The van der Waals surface area contributed by atoms with Crippen molar-refractivity contribution in [1.29, 1.82) is 0 Å². The fourth-order valence-corrected chi connectivity index (χ4v) is 14.6. The summed E-state index contributed by atoms with van der Waals surface area (Å²) in [6, 6.07) is 8.05. The summed E-state index contributed by atoms with van der Waals surface area (Å²) in [6.07, 6.45) is 11.2. The van der Waals surface area contributed by atoms with Gasteiger partial charge in [-0.25, -0.2) is 9.59 Å². The van der Waals surface area contributed by atoms with Crippen LogP contribution in [0.3, 0.4) is 0 Å². The van der Waals surface area contributed by atoms with Crippen molar-refractivity contribution in [3.8, 4) is 0 Å². The van der Waals surface area contributed by atoms with Crippen LogP contribution in [0, 0.1) is 56.7 Å². The maximum Gasteiger partial charge on any atom is 0.410 e. The van der Waals surface area contributed by atoms with Crippen molar-refractivity contribution < 1.29 is 33.4 Å². The van der Waals surface area contributed by atoms with Crippen molar-refractivity contribution in [2.24, 2.45) is 56.7 Å². The molecule has 0 radical (unpaired) electrons. The van der Waals surface area contributed by atoms with Crippen molar-refractivity contribution in [1.82, 2.24) is 15.1 Å². The minimum atomic E-state index is -0.631. The molecule has 0 unspecified atom stereocenters. The summed E-state index contributed by atoms with van der Waals surface area (Å²) in [4.78, 5) is 57.8. The van der Waals surface area contributed by atoms with E-state index in [4.69, 9.17) is 20.8 Å². The molecule has 10 nitrogen and oxygen atoms in total.